The number of nitrogens with zero attached hydrogens (tertiary/aromatic N) is 2. The number of nitrogens with one attached hydrogen (secondary N) is 1. The van der Waals surface area contributed by atoms with Crippen molar-refractivity contribution in [2.24, 2.45) is 5.92 Å². The highest BCUT2D eigenvalue weighted by Gasteiger charge is 2.37. The van der Waals surface area contributed by atoms with Crippen LogP contribution in [0.4, 0.5) is 18.9 Å². The standard InChI is InChI=1S/C22H26F3N3O3/c1-22(2,3)28-9-14(21(30)31)20(29)13-6-15(23)19(17(25)18(13)28)27-8-11(16(24)10-27)7-26-12-4-5-12/h6,9,11-12,16,26H,4-5,7-8,10H2,1-3H3,(H,30,31)/t11-,16-/m1/s1. The first-order valence-corrected chi connectivity index (χ1v) is 10.4. The molecule has 2 aliphatic rings. The van der Waals surface area contributed by atoms with Gasteiger partial charge >= 0.3 is 5.97 Å². The molecule has 2 N–H and O–H groups in total. The van der Waals surface area contributed by atoms with Crippen molar-refractivity contribution in [1.29, 1.82) is 0 Å². The summed E-state index contributed by atoms with van der Waals surface area (Å²) in [4.78, 5) is 25.5. The lowest BCUT2D eigenvalue weighted by atomic mass is 10.0. The Hall–Kier alpha value is -2.55. The number of hydrogen-bond donors (Lipinski definition) is 2. The lowest BCUT2D eigenvalue weighted by Gasteiger charge is -2.28. The van der Waals surface area contributed by atoms with Crippen LogP contribution >= 0.6 is 0 Å². The average molecular weight is 437 g/mol. The van der Waals surface area contributed by atoms with Gasteiger partial charge in [-0.1, -0.05) is 0 Å². The molecule has 1 aromatic carbocycles. The molecular formula is C22H26F3N3O3. The summed E-state index contributed by atoms with van der Waals surface area (Å²) in [6, 6.07) is 1.27. The molecule has 1 aliphatic carbocycles. The number of fused-ring (bicyclic) bond motifs is 1. The van der Waals surface area contributed by atoms with Crippen LogP contribution in [0.25, 0.3) is 10.9 Å². The summed E-state index contributed by atoms with van der Waals surface area (Å²) < 4.78 is 46.7. The number of alkyl halides is 1. The maximum atomic E-state index is 15.7. The van der Waals surface area contributed by atoms with E-state index in [9.17, 15) is 19.1 Å². The molecule has 1 aromatic heterocycles. The minimum atomic E-state index is -1.47. The first-order chi connectivity index (χ1) is 14.5. The van der Waals surface area contributed by atoms with Crippen LogP contribution in [-0.2, 0) is 5.54 Å². The summed E-state index contributed by atoms with van der Waals surface area (Å²) in [5, 5.41) is 12.3. The molecule has 0 amide bonds. The fraction of sp³-hybridized carbons (Fsp3) is 0.545. The molecule has 168 valence electrons. The zero-order valence-electron chi connectivity index (χ0n) is 17.7. The maximum absolute atomic E-state index is 15.7. The van der Waals surface area contributed by atoms with E-state index in [1.807, 2.05) is 0 Å². The first-order valence-electron chi connectivity index (χ1n) is 10.4. The van der Waals surface area contributed by atoms with E-state index in [4.69, 9.17) is 0 Å². The molecule has 0 unspecified atom stereocenters. The Balaban J connectivity index is 1.83. The van der Waals surface area contributed by atoms with Crippen LogP contribution in [0.5, 0.6) is 0 Å². The van der Waals surface area contributed by atoms with E-state index in [1.54, 1.807) is 20.8 Å². The highest BCUT2D eigenvalue weighted by Crippen LogP contribution is 2.35. The average Bonchev–Trinajstić information content (AvgIpc) is 3.42. The predicted octanol–water partition coefficient (Wildman–Crippen LogP) is 3.26. The van der Waals surface area contributed by atoms with Crippen LogP contribution < -0.4 is 15.6 Å². The summed E-state index contributed by atoms with van der Waals surface area (Å²) in [5.74, 6) is -3.86. The topological polar surface area (TPSA) is 74.6 Å². The van der Waals surface area contributed by atoms with Gasteiger partial charge in [0, 0.05) is 43.3 Å². The van der Waals surface area contributed by atoms with Gasteiger partial charge in [-0.05, 0) is 39.7 Å². The zero-order valence-corrected chi connectivity index (χ0v) is 17.7. The largest absolute Gasteiger partial charge is 0.477 e. The Bertz CT molecular complexity index is 1110. The van der Waals surface area contributed by atoms with Gasteiger partial charge < -0.3 is 19.9 Å². The second-order valence-electron chi connectivity index (χ2n) is 9.50. The number of aromatic carboxylic acids is 1. The van der Waals surface area contributed by atoms with Gasteiger partial charge in [0.2, 0.25) is 5.43 Å². The molecule has 4 rings (SSSR count). The van der Waals surface area contributed by atoms with Crippen molar-refractivity contribution in [3.63, 3.8) is 0 Å². The fourth-order valence-electron chi connectivity index (χ4n) is 4.19. The van der Waals surface area contributed by atoms with Crippen LogP contribution in [0.3, 0.4) is 0 Å². The number of hydrogen-bond acceptors (Lipinski definition) is 4. The first kappa shape index (κ1) is 21.7. The highest BCUT2D eigenvalue weighted by atomic mass is 19.1. The summed E-state index contributed by atoms with van der Waals surface area (Å²) in [6.45, 7) is 5.60. The third-order valence-corrected chi connectivity index (χ3v) is 6.03. The number of carboxylic acid groups (broad SMARTS) is 1. The van der Waals surface area contributed by atoms with Gasteiger partial charge in [-0.2, -0.15) is 0 Å². The van der Waals surface area contributed by atoms with E-state index in [0.717, 1.165) is 25.1 Å². The molecule has 0 bridgehead atoms. The second kappa shape index (κ2) is 7.55. The van der Waals surface area contributed by atoms with E-state index in [2.05, 4.69) is 5.32 Å². The second-order valence-corrected chi connectivity index (χ2v) is 9.50. The summed E-state index contributed by atoms with van der Waals surface area (Å²) in [5.41, 5.74) is -2.89. The smallest absolute Gasteiger partial charge is 0.341 e. The highest BCUT2D eigenvalue weighted by molar-refractivity contribution is 5.94. The Kier molecular flexibility index (Phi) is 5.28. The Labute approximate surface area is 177 Å². The van der Waals surface area contributed by atoms with Gasteiger partial charge in [0.25, 0.3) is 0 Å². The lowest BCUT2D eigenvalue weighted by molar-refractivity contribution is 0.0694. The molecule has 2 atom stereocenters. The molecule has 9 heteroatoms. The van der Waals surface area contributed by atoms with Crippen LogP contribution in [0.15, 0.2) is 17.1 Å². The van der Waals surface area contributed by atoms with Gasteiger partial charge in [0.05, 0.1) is 10.9 Å². The van der Waals surface area contributed by atoms with E-state index >= 15 is 8.78 Å². The molecule has 0 radical (unpaired) electrons. The molecule has 1 saturated carbocycles. The van der Waals surface area contributed by atoms with Gasteiger partial charge in [-0.15, -0.1) is 0 Å². The molecule has 0 spiro atoms. The Morgan fingerprint density at radius 3 is 2.52 bits per heavy atom. The number of carbonyl (C=O) groups is 1. The summed E-state index contributed by atoms with van der Waals surface area (Å²) in [7, 11) is 0. The van der Waals surface area contributed by atoms with Crippen molar-refractivity contribution >= 4 is 22.6 Å². The van der Waals surface area contributed by atoms with Crippen LogP contribution in [0.2, 0.25) is 0 Å². The number of anilines is 1. The molecule has 2 heterocycles. The predicted molar refractivity (Wildman–Crippen MR) is 112 cm³/mol. The number of aromatic nitrogens is 1. The van der Waals surface area contributed by atoms with Crippen molar-refractivity contribution in [1.82, 2.24) is 9.88 Å². The molecule has 6 nitrogen and oxygen atoms in total. The van der Waals surface area contributed by atoms with E-state index in [0.29, 0.717) is 12.6 Å². The van der Waals surface area contributed by atoms with E-state index in [1.165, 1.54) is 9.47 Å². The van der Waals surface area contributed by atoms with Crippen molar-refractivity contribution in [2.45, 2.75) is 51.4 Å². The van der Waals surface area contributed by atoms with Gasteiger partial charge in [-0.3, -0.25) is 4.79 Å². The fourth-order valence-corrected chi connectivity index (χ4v) is 4.19. The summed E-state index contributed by atoms with van der Waals surface area (Å²) >= 11 is 0. The Morgan fingerprint density at radius 2 is 1.94 bits per heavy atom. The van der Waals surface area contributed by atoms with Gasteiger partial charge in [-0.25, -0.2) is 18.0 Å². The quantitative estimate of drug-likeness (QED) is 0.751. The van der Waals surface area contributed by atoms with Crippen molar-refractivity contribution < 1.29 is 23.1 Å². The molecule has 2 fully saturated rings. The van der Waals surface area contributed by atoms with Crippen molar-refractivity contribution in [3.05, 3.63) is 39.7 Å². The number of rotatable bonds is 5. The van der Waals surface area contributed by atoms with Crippen molar-refractivity contribution in [2.75, 3.05) is 24.5 Å². The van der Waals surface area contributed by atoms with Crippen LogP contribution in [0, 0.1) is 17.6 Å². The third kappa shape index (κ3) is 3.91. The van der Waals surface area contributed by atoms with Crippen LogP contribution in [0.1, 0.15) is 44.0 Å². The number of benzene rings is 1. The van der Waals surface area contributed by atoms with Crippen LogP contribution in [-0.4, -0.2) is 47.5 Å². The molecule has 2 aromatic rings. The van der Waals surface area contributed by atoms with E-state index in [-0.39, 0.29) is 29.7 Å². The number of halogens is 3. The Morgan fingerprint density at radius 1 is 1.26 bits per heavy atom. The molecular weight excluding hydrogens is 411 g/mol. The lowest BCUT2D eigenvalue weighted by Crippen LogP contribution is -2.31. The molecule has 1 saturated heterocycles. The normalized spacial score (nSPS) is 21.8. The van der Waals surface area contributed by atoms with Crippen molar-refractivity contribution in [3.8, 4) is 0 Å². The van der Waals surface area contributed by atoms with Gasteiger partial charge in [0.1, 0.15) is 23.2 Å². The number of carboxylic acids is 1. The minimum Gasteiger partial charge on any atom is -0.477 e. The SMILES string of the molecule is CC(C)(C)n1cc(C(=O)O)c(=O)c2cc(F)c(N3C[C@@H](CNC4CC4)[C@H](F)C3)c(F)c21. The van der Waals surface area contributed by atoms with E-state index < -0.39 is 46.2 Å². The monoisotopic (exact) mass is 437 g/mol. The van der Waals surface area contributed by atoms with Gasteiger partial charge in [0.15, 0.2) is 5.82 Å². The molecule has 1 aliphatic heterocycles. The minimum absolute atomic E-state index is 0.146. The molecule has 31 heavy (non-hydrogen) atoms. The maximum Gasteiger partial charge on any atom is 0.341 e. The zero-order chi connectivity index (χ0) is 22.7. The number of pyridine rings is 1. The third-order valence-electron chi connectivity index (χ3n) is 6.03. The summed E-state index contributed by atoms with van der Waals surface area (Å²) in [6.07, 6.45) is 1.97.